The third-order valence-electron chi connectivity index (χ3n) is 4.21. The van der Waals surface area contributed by atoms with Gasteiger partial charge in [0, 0.05) is 31.7 Å². The molecule has 1 saturated heterocycles. The third-order valence-corrected chi connectivity index (χ3v) is 4.21. The Morgan fingerprint density at radius 2 is 1.78 bits per heavy atom. The first-order valence-electron chi connectivity index (χ1n) is 7.55. The Morgan fingerprint density at radius 1 is 1.09 bits per heavy atom. The number of alkyl halides is 3. The molecule has 0 aliphatic carbocycles. The van der Waals surface area contributed by atoms with Crippen molar-refractivity contribution in [3.05, 3.63) is 35.4 Å². The van der Waals surface area contributed by atoms with Crippen LogP contribution in [0.5, 0.6) is 0 Å². The molecule has 1 aromatic rings. The predicted octanol–water partition coefficient (Wildman–Crippen LogP) is 3.47. The van der Waals surface area contributed by atoms with Crippen LogP contribution in [0.3, 0.4) is 0 Å². The number of hydrogen-bond donors (Lipinski definition) is 0. The Balaban J connectivity index is 1.92. The van der Waals surface area contributed by atoms with Gasteiger partial charge in [0.25, 0.3) is 0 Å². The van der Waals surface area contributed by atoms with Gasteiger partial charge in [-0.05, 0) is 38.0 Å². The largest absolute Gasteiger partial charge is 0.401 e. The van der Waals surface area contributed by atoms with Gasteiger partial charge in [-0.15, -0.1) is 0 Å². The molecule has 0 atom stereocenters. The van der Waals surface area contributed by atoms with Crippen molar-refractivity contribution in [3.8, 4) is 0 Å². The van der Waals surface area contributed by atoms with Crippen LogP contribution in [0.2, 0.25) is 0 Å². The van der Waals surface area contributed by atoms with Crippen LogP contribution in [0.1, 0.15) is 19.4 Å². The summed E-state index contributed by atoms with van der Waals surface area (Å²) in [6.07, 6.45) is -3.66. The summed E-state index contributed by atoms with van der Waals surface area (Å²) in [5, 5.41) is 0. The minimum Gasteiger partial charge on any atom is -0.295 e. The lowest BCUT2D eigenvalue weighted by atomic mass is 9.97. The Labute approximate surface area is 132 Å². The zero-order valence-corrected chi connectivity index (χ0v) is 13.3. The molecule has 0 bridgehead atoms. The van der Waals surface area contributed by atoms with Crippen LogP contribution in [0, 0.1) is 11.6 Å². The van der Waals surface area contributed by atoms with Crippen molar-refractivity contribution in [1.82, 2.24) is 9.80 Å². The number of hydrogen-bond acceptors (Lipinski definition) is 2. The van der Waals surface area contributed by atoms with E-state index in [4.69, 9.17) is 0 Å². The van der Waals surface area contributed by atoms with E-state index < -0.39 is 29.9 Å². The van der Waals surface area contributed by atoms with Crippen molar-refractivity contribution >= 4 is 0 Å². The second kappa shape index (κ2) is 6.73. The molecule has 130 valence electrons. The molecule has 2 nitrogen and oxygen atoms in total. The minimum atomic E-state index is -4.19. The van der Waals surface area contributed by atoms with Crippen molar-refractivity contribution < 1.29 is 22.0 Å². The molecule has 2 rings (SSSR count). The van der Waals surface area contributed by atoms with E-state index in [0.717, 1.165) is 6.07 Å². The predicted molar refractivity (Wildman–Crippen MR) is 78.2 cm³/mol. The third kappa shape index (κ3) is 5.14. The lowest BCUT2D eigenvalue weighted by molar-refractivity contribution is -0.155. The van der Waals surface area contributed by atoms with Crippen molar-refractivity contribution in [2.24, 2.45) is 0 Å². The standard InChI is InChI=1S/C16H21F5N2/c1-15(2)10-22(11-16(19,20)21)7-8-23(15)6-5-12-3-4-13(17)14(18)9-12/h3-4,9H,5-8,10-11H2,1-2H3. The lowest BCUT2D eigenvalue weighted by Crippen LogP contribution is -2.60. The van der Waals surface area contributed by atoms with Crippen LogP contribution in [0.4, 0.5) is 22.0 Å². The van der Waals surface area contributed by atoms with Crippen LogP contribution in [0.25, 0.3) is 0 Å². The summed E-state index contributed by atoms with van der Waals surface area (Å²) in [5.74, 6) is -1.76. The van der Waals surface area contributed by atoms with E-state index in [0.29, 0.717) is 38.2 Å². The smallest absolute Gasteiger partial charge is 0.295 e. The second-order valence-corrected chi connectivity index (χ2v) is 6.62. The Bertz CT molecular complexity index is 542. The molecule has 1 aromatic carbocycles. The molecule has 1 aliphatic heterocycles. The molecule has 1 aliphatic rings. The summed E-state index contributed by atoms with van der Waals surface area (Å²) in [5.41, 5.74) is 0.277. The second-order valence-electron chi connectivity index (χ2n) is 6.62. The highest BCUT2D eigenvalue weighted by molar-refractivity contribution is 5.18. The molecule has 0 saturated carbocycles. The topological polar surface area (TPSA) is 6.48 Å². The summed E-state index contributed by atoms with van der Waals surface area (Å²) in [4.78, 5) is 3.51. The summed E-state index contributed by atoms with van der Waals surface area (Å²) >= 11 is 0. The molecule has 0 unspecified atom stereocenters. The number of nitrogens with zero attached hydrogens (tertiary/aromatic N) is 2. The maximum Gasteiger partial charge on any atom is 0.401 e. The summed E-state index contributed by atoms with van der Waals surface area (Å²) in [6, 6.07) is 3.80. The van der Waals surface area contributed by atoms with Gasteiger partial charge >= 0.3 is 6.18 Å². The monoisotopic (exact) mass is 336 g/mol. The molecular formula is C16H21F5N2. The van der Waals surface area contributed by atoms with Gasteiger partial charge in [-0.1, -0.05) is 6.07 Å². The molecule has 0 spiro atoms. The molecule has 23 heavy (non-hydrogen) atoms. The van der Waals surface area contributed by atoms with Crippen molar-refractivity contribution in [1.29, 1.82) is 0 Å². The van der Waals surface area contributed by atoms with Crippen LogP contribution in [-0.4, -0.2) is 54.2 Å². The van der Waals surface area contributed by atoms with Crippen LogP contribution in [0.15, 0.2) is 18.2 Å². The number of halogens is 5. The molecule has 0 aromatic heterocycles. The first kappa shape index (κ1) is 18.1. The van der Waals surface area contributed by atoms with Gasteiger partial charge in [-0.25, -0.2) is 8.78 Å². The van der Waals surface area contributed by atoms with Crippen molar-refractivity contribution in [2.45, 2.75) is 32.0 Å². The van der Waals surface area contributed by atoms with Gasteiger partial charge in [0.05, 0.1) is 6.54 Å². The van der Waals surface area contributed by atoms with E-state index in [1.807, 2.05) is 13.8 Å². The number of piperazine rings is 1. The Kier molecular flexibility index (Phi) is 5.30. The van der Waals surface area contributed by atoms with Gasteiger partial charge in [0.1, 0.15) is 0 Å². The van der Waals surface area contributed by atoms with Gasteiger partial charge in [0.2, 0.25) is 0 Å². The SMILES string of the molecule is CC1(C)CN(CC(F)(F)F)CCN1CCc1ccc(F)c(F)c1. The summed E-state index contributed by atoms with van der Waals surface area (Å²) in [7, 11) is 0. The first-order valence-corrected chi connectivity index (χ1v) is 7.55. The Morgan fingerprint density at radius 3 is 2.35 bits per heavy atom. The van der Waals surface area contributed by atoms with E-state index in [1.165, 1.54) is 17.0 Å². The molecule has 0 amide bonds. The van der Waals surface area contributed by atoms with E-state index in [-0.39, 0.29) is 0 Å². The lowest BCUT2D eigenvalue weighted by Gasteiger charge is -2.47. The maximum atomic E-state index is 13.2. The van der Waals surface area contributed by atoms with Crippen LogP contribution in [-0.2, 0) is 6.42 Å². The Hall–Kier alpha value is -1.21. The quantitative estimate of drug-likeness (QED) is 0.777. The van der Waals surface area contributed by atoms with Gasteiger partial charge < -0.3 is 0 Å². The number of benzene rings is 1. The number of rotatable bonds is 4. The van der Waals surface area contributed by atoms with Crippen molar-refractivity contribution in [2.75, 3.05) is 32.7 Å². The highest BCUT2D eigenvalue weighted by atomic mass is 19.4. The molecule has 0 radical (unpaired) electrons. The molecule has 7 heteroatoms. The van der Waals surface area contributed by atoms with Gasteiger partial charge in [-0.3, -0.25) is 9.80 Å². The molecule has 0 N–H and O–H groups in total. The zero-order chi connectivity index (χ0) is 17.3. The molecule has 1 fully saturated rings. The highest BCUT2D eigenvalue weighted by Gasteiger charge is 2.38. The van der Waals surface area contributed by atoms with Gasteiger partial charge in [-0.2, -0.15) is 13.2 Å². The molecule has 1 heterocycles. The zero-order valence-electron chi connectivity index (χ0n) is 13.3. The van der Waals surface area contributed by atoms with Gasteiger partial charge in [0.15, 0.2) is 11.6 Å². The minimum absolute atomic E-state index is 0.324. The highest BCUT2D eigenvalue weighted by Crippen LogP contribution is 2.25. The van der Waals surface area contributed by atoms with E-state index in [1.54, 1.807) is 0 Å². The fourth-order valence-corrected chi connectivity index (χ4v) is 3.05. The summed E-state index contributed by atoms with van der Waals surface area (Å²) < 4.78 is 63.6. The van der Waals surface area contributed by atoms with Crippen LogP contribution >= 0.6 is 0 Å². The fourth-order valence-electron chi connectivity index (χ4n) is 3.05. The van der Waals surface area contributed by atoms with Crippen LogP contribution < -0.4 is 0 Å². The van der Waals surface area contributed by atoms with Crippen molar-refractivity contribution in [3.63, 3.8) is 0 Å². The molecular weight excluding hydrogens is 315 g/mol. The maximum absolute atomic E-state index is 13.2. The average Bonchev–Trinajstić information content (AvgIpc) is 2.39. The summed E-state index contributed by atoms with van der Waals surface area (Å²) in [6.45, 7) is 4.70. The van der Waals surface area contributed by atoms with E-state index >= 15 is 0 Å². The average molecular weight is 336 g/mol. The fraction of sp³-hybridized carbons (Fsp3) is 0.625. The normalized spacial score (nSPS) is 20.0. The van der Waals surface area contributed by atoms with E-state index in [9.17, 15) is 22.0 Å². The van der Waals surface area contributed by atoms with E-state index in [2.05, 4.69) is 4.90 Å². The first-order chi connectivity index (χ1) is 10.6.